The molecule has 0 saturated carbocycles. The Morgan fingerprint density at radius 2 is 1.90 bits per heavy atom. The zero-order valence-electron chi connectivity index (χ0n) is 22.6. The highest BCUT2D eigenvalue weighted by Gasteiger charge is 2.30. The molecule has 0 aliphatic rings. The van der Waals surface area contributed by atoms with Gasteiger partial charge in [-0.2, -0.15) is 13.2 Å². The van der Waals surface area contributed by atoms with E-state index in [0.29, 0.717) is 46.2 Å². The molecule has 0 bridgehead atoms. The van der Waals surface area contributed by atoms with Crippen LogP contribution in [-0.2, 0) is 0 Å². The van der Waals surface area contributed by atoms with Crippen molar-refractivity contribution in [2.24, 2.45) is 11.5 Å². The highest BCUT2D eigenvalue weighted by Crippen LogP contribution is 2.39. The number of aromatic nitrogens is 2. The average molecular weight is 589 g/mol. The number of carbonyl (C=O) groups is 2. The molecule has 0 radical (unpaired) electrons. The van der Waals surface area contributed by atoms with Gasteiger partial charge >= 0.3 is 12.2 Å². The summed E-state index contributed by atoms with van der Waals surface area (Å²) < 4.78 is 38.7. The Balaban J connectivity index is 1.98. The SMILES string of the molecule is C=C/C(=C\C=C(/C)NC(=O)Nc1cccc(-c2nc(NC(C)(CC)CN)nc3sc(C(N)=O)c(N)c23)c1)C(F)(F)F. The van der Waals surface area contributed by atoms with E-state index in [4.69, 9.17) is 17.2 Å². The lowest BCUT2D eigenvalue weighted by Gasteiger charge is -2.28. The van der Waals surface area contributed by atoms with Crippen LogP contribution >= 0.6 is 11.3 Å². The number of hydrogen-bond acceptors (Lipinski definition) is 8. The van der Waals surface area contributed by atoms with Gasteiger partial charge in [-0.1, -0.05) is 31.7 Å². The maximum Gasteiger partial charge on any atom is 0.416 e. The molecular weight excluding hydrogens is 557 g/mol. The van der Waals surface area contributed by atoms with Crippen molar-refractivity contribution in [3.05, 3.63) is 65.2 Å². The molecule has 0 aliphatic carbocycles. The normalized spacial score (nSPS) is 13.9. The predicted octanol–water partition coefficient (Wildman–Crippen LogP) is 5.28. The summed E-state index contributed by atoms with van der Waals surface area (Å²) >= 11 is 1.04. The zero-order valence-corrected chi connectivity index (χ0v) is 23.5. The highest BCUT2D eigenvalue weighted by molar-refractivity contribution is 7.21. The molecule has 0 spiro atoms. The first-order chi connectivity index (χ1) is 19.2. The van der Waals surface area contributed by atoms with Crippen LogP contribution in [0.25, 0.3) is 21.5 Å². The molecule has 41 heavy (non-hydrogen) atoms. The molecule has 1 atom stereocenters. The molecule has 218 valence electrons. The third kappa shape index (κ3) is 7.41. The largest absolute Gasteiger partial charge is 0.416 e. The minimum absolute atomic E-state index is 0.138. The Bertz CT molecular complexity index is 1540. The van der Waals surface area contributed by atoms with Gasteiger partial charge in [0.15, 0.2) is 0 Å². The monoisotopic (exact) mass is 588 g/mol. The van der Waals surface area contributed by atoms with Crippen molar-refractivity contribution < 1.29 is 22.8 Å². The Morgan fingerprint density at radius 3 is 2.49 bits per heavy atom. The summed E-state index contributed by atoms with van der Waals surface area (Å²) in [6.45, 7) is 8.80. The Morgan fingerprint density at radius 1 is 1.20 bits per heavy atom. The number of thiophene rings is 1. The van der Waals surface area contributed by atoms with Crippen LogP contribution in [0.5, 0.6) is 0 Å². The summed E-state index contributed by atoms with van der Waals surface area (Å²) in [6.07, 6.45) is -1.26. The van der Waals surface area contributed by atoms with Gasteiger partial charge in [0.25, 0.3) is 5.91 Å². The van der Waals surface area contributed by atoms with Gasteiger partial charge in [0.1, 0.15) is 9.71 Å². The Labute approximate surface area is 238 Å². The summed E-state index contributed by atoms with van der Waals surface area (Å²) in [7, 11) is 0. The molecule has 3 rings (SSSR count). The first kappa shape index (κ1) is 31.1. The summed E-state index contributed by atoms with van der Waals surface area (Å²) in [5, 5.41) is 8.79. The second kappa shape index (κ2) is 12.4. The first-order valence-corrected chi connectivity index (χ1v) is 13.2. The number of hydrogen-bond donors (Lipinski definition) is 6. The van der Waals surface area contributed by atoms with Crippen molar-refractivity contribution in [3.63, 3.8) is 0 Å². The summed E-state index contributed by atoms with van der Waals surface area (Å²) in [5.74, 6) is -0.436. The van der Waals surface area contributed by atoms with Crippen LogP contribution in [0, 0.1) is 0 Å². The molecule has 0 fully saturated rings. The van der Waals surface area contributed by atoms with Crippen LogP contribution in [0.3, 0.4) is 0 Å². The first-order valence-electron chi connectivity index (χ1n) is 12.4. The molecule has 3 amide bonds. The van der Waals surface area contributed by atoms with Crippen molar-refractivity contribution in [2.75, 3.05) is 22.9 Å². The number of urea groups is 1. The van der Waals surface area contributed by atoms with E-state index < -0.39 is 29.2 Å². The number of primary amides is 1. The number of nitrogens with two attached hydrogens (primary N) is 3. The average Bonchev–Trinajstić information content (AvgIpc) is 3.24. The number of alkyl halides is 3. The van der Waals surface area contributed by atoms with E-state index in [0.717, 1.165) is 23.5 Å². The van der Waals surface area contributed by atoms with Crippen LogP contribution in [0.15, 0.2) is 60.3 Å². The number of amides is 3. The fourth-order valence-corrected chi connectivity index (χ4v) is 4.59. The quantitative estimate of drug-likeness (QED) is 0.175. The molecule has 1 aromatic carbocycles. The van der Waals surface area contributed by atoms with Crippen molar-refractivity contribution >= 4 is 50.8 Å². The third-order valence-electron chi connectivity index (χ3n) is 6.22. The van der Waals surface area contributed by atoms with Gasteiger partial charge in [0.2, 0.25) is 5.95 Å². The third-order valence-corrected chi connectivity index (χ3v) is 7.34. The molecule has 2 aromatic heterocycles. The van der Waals surface area contributed by atoms with E-state index in [9.17, 15) is 22.8 Å². The molecule has 14 heteroatoms. The lowest BCUT2D eigenvalue weighted by Crippen LogP contribution is -2.42. The van der Waals surface area contributed by atoms with Crippen molar-refractivity contribution in [1.82, 2.24) is 15.3 Å². The predicted molar refractivity (Wildman–Crippen MR) is 157 cm³/mol. The van der Waals surface area contributed by atoms with Crippen molar-refractivity contribution in [3.8, 4) is 11.3 Å². The molecular formula is C27H31F3N8O2S. The van der Waals surface area contributed by atoms with E-state index in [1.54, 1.807) is 24.3 Å². The second-order valence-corrected chi connectivity index (χ2v) is 10.4. The minimum Gasteiger partial charge on any atom is -0.397 e. The minimum atomic E-state index is -4.56. The molecule has 1 unspecified atom stereocenters. The number of nitrogen functional groups attached to an aromatic ring is 1. The summed E-state index contributed by atoms with van der Waals surface area (Å²) in [6, 6.07) is 5.98. The Hall–Kier alpha value is -4.43. The molecule has 9 N–H and O–H groups in total. The number of carbonyl (C=O) groups excluding carboxylic acids is 2. The lowest BCUT2D eigenvalue weighted by atomic mass is 10.00. The fraction of sp³-hybridized carbons (Fsp3) is 0.259. The van der Waals surface area contributed by atoms with Gasteiger partial charge in [-0.3, -0.25) is 4.79 Å². The van der Waals surface area contributed by atoms with Crippen molar-refractivity contribution in [2.45, 2.75) is 38.9 Å². The molecule has 10 nitrogen and oxygen atoms in total. The van der Waals surface area contributed by atoms with Gasteiger partial charge in [0.05, 0.1) is 22.3 Å². The maximum atomic E-state index is 12.9. The fourth-order valence-electron chi connectivity index (χ4n) is 3.64. The zero-order chi connectivity index (χ0) is 30.5. The van der Waals surface area contributed by atoms with E-state index in [1.165, 1.54) is 6.92 Å². The van der Waals surface area contributed by atoms with E-state index >= 15 is 0 Å². The number of anilines is 3. The number of halogens is 3. The van der Waals surface area contributed by atoms with Crippen LogP contribution in [0.1, 0.15) is 36.9 Å². The number of benzene rings is 1. The molecule has 2 heterocycles. The number of fused-ring (bicyclic) bond motifs is 1. The highest BCUT2D eigenvalue weighted by atomic mass is 32.1. The van der Waals surface area contributed by atoms with Gasteiger partial charge in [-0.05, 0) is 44.6 Å². The number of rotatable bonds is 10. The summed E-state index contributed by atoms with van der Waals surface area (Å²) in [5.41, 5.74) is 17.9. The van der Waals surface area contributed by atoms with Gasteiger partial charge < -0.3 is 33.2 Å². The Kier molecular flexibility index (Phi) is 9.40. The van der Waals surface area contributed by atoms with E-state index in [-0.39, 0.29) is 22.2 Å². The van der Waals surface area contributed by atoms with Crippen LogP contribution in [0.4, 0.5) is 35.3 Å². The van der Waals surface area contributed by atoms with Crippen LogP contribution < -0.4 is 33.2 Å². The van der Waals surface area contributed by atoms with Gasteiger partial charge in [-0.15, -0.1) is 11.3 Å². The van der Waals surface area contributed by atoms with Crippen molar-refractivity contribution in [1.29, 1.82) is 0 Å². The topological polar surface area (TPSA) is 174 Å². The van der Waals surface area contributed by atoms with Gasteiger partial charge in [0, 0.05) is 29.0 Å². The maximum absolute atomic E-state index is 12.9. The van der Waals surface area contributed by atoms with Crippen LogP contribution in [0.2, 0.25) is 0 Å². The number of nitrogens with zero attached hydrogens (tertiary/aromatic N) is 2. The standard InChI is InChI=1S/C27H31F3N8O2S/c1-5-16(27(28,29)30)11-10-14(3)34-25(40)35-17-9-7-8-15(12-17)20-18-19(32)21(22(33)39)41-23(18)37-24(36-20)38-26(4,6-2)13-31/h5,7-12H,1,6,13,31-32H2,2-4H3,(H2,33,39)(H2,34,35,40)(H,36,37,38)/b14-10+,16-11+. The van der Waals surface area contributed by atoms with E-state index in [2.05, 4.69) is 32.5 Å². The number of nitrogens with one attached hydrogen (secondary N) is 3. The lowest BCUT2D eigenvalue weighted by molar-refractivity contribution is -0.0881. The molecule has 0 saturated heterocycles. The summed E-state index contributed by atoms with van der Waals surface area (Å²) in [4.78, 5) is 34.4. The molecule has 0 aliphatic heterocycles. The number of allylic oxidation sites excluding steroid dienone is 5. The molecule has 3 aromatic rings. The van der Waals surface area contributed by atoms with E-state index in [1.807, 2.05) is 13.8 Å². The smallest absolute Gasteiger partial charge is 0.397 e. The second-order valence-electron chi connectivity index (χ2n) is 9.36. The van der Waals surface area contributed by atoms with Crippen LogP contribution in [-0.4, -0.2) is 40.2 Å². The van der Waals surface area contributed by atoms with Gasteiger partial charge in [-0.25, -0.2) is 14.8 Å².